The molecule has 0 fully saturated rings. The van der Waals surface area contributed by atoms with Crippen molar-refractivity contribution in [2.45, 2.75) is 19.9 Å². The van der Waals surface area contributed by atoms with Gasteiger partial charge in [0.05, 0.1) is 7.11 Å². The van der Waals surface area contributed by atoms with Crippen molar-refractivity contribution in [3.8, 4) is 17.5 Å². The highest BCUT2D eigenvalue weighted by molar-refractivity contribution is 6.28. The molecular weight excluding hydrogens is 242 g/mol. The van der Waals surface area contributed by atoms with Crippen LogP contribution in [0.1, 0.15) is 13.3 Å². The second-order valence-electron chi connectivity index (χ2n) is 3.35. The molecule has 0 saturated carbocycles. The molecule has 17 heavy (non-hydrogen) atoms. The molecule has 0 amide bonds. The Morgan fingerprint density at radius 2 is 2.18 bits per heavy atom. The van der Waals surface area contributed by atoms with Crippen LogP contribution in [0.2, 0.25) is 5.28 Å². The zero-order valence-corrected chi connectivity index (χ0v) is 10.3. The lowest BCUT2D eigenvalue weighted by Crippen LogP contribution is -2.05. The normalized spacial score (nSPS) is 10.5. The van der Waals surface area contributed by atoms with Crippen molar-refractivity contribution in [1.29, 1.82) is 0 Å². The van der Waals surface area contributed by atoms with E-state index < -0.39 is 0 Å². The van der Waals surface area contributed by atoms with Crippen LogP contribution in [-0.2, 0) is 6.54 Å². The van der Waals surface area contributed by atoms with Gasteiger partial charge in [-0.05, 0) is 24.1 Å². The van der Waals surface area contributed by atoms with Crippen LogP contribution in [0.4, 0.5) is 0 Å². The van der Waals surface area contributed by atoms with Crippen molar-refractivity contribution in [3.05, 3.63) is 17.5 Å². The van der Waals surface area contributed by atoms with Crippen LogP contribution in [0.3, 0.4) is 0 Å². The summed E-state index contributed by atoms with van der Waals surface area (Å²) < 4.78 is 6.78. The highest BCUT2D eigenvalue weighted by Gasteiger charge is 2.11. The van der Waals surface area contributed by atoms with Gasteiger partial charge >= 0.3 is 6.01 Å². The molecule has 0 radical (unpaired) electrons. The maximum atomic E-state index is 5.80. The first-order valence-electron chi connectivity index (χ1n) is 5.22. The first-order valence-corrected chi connectivity index (χ1v) is 5.60. The number of hydrogen-bond acceptors (Lipinski definition) is 5. The SMILES string of the molecule is CCCn1nccc1-c1nc(Cl)nc(OC)n1. The first kappa shape index (κ1) is 11.8. The molecule has 0 atom stereocenters. The maximum absolute atomic E-state index is 5.80. The summed E-state index contributed by atoms with van der Waals surface area (Å²) in [6.45, 7) is 2.88. The van der Waals surface area contributed by atoms with E-state index in [0.29, 0.717) is 5.82 Å². The van der Waals surface area contributed by atoms with Crippen LogP contribution in [-0.4, -0.2) is 31.8 Å². The van der Waals surface area contributed by atoms with Gasteiger partial charge in [0, 0.05) is 12.7 Å². The predicted molar refractivity (Wildman–Crippen MR) is 62.9 cm³/mol. The summed E-state index contributed by atoms with van der Waals surface area (Å²) in [4.78, 5) is 12.0. The van der Waals surface area contributed by atoms with Gasteiger partial charge in [-0.25, -0.2) is 0 Å². The standard InChI is InChI=1S/C10H12ClN5O/c1-3-6-16-7(4-5-12-16)8-13-9(11)15-10(14-8)17-2/h4-5H,3,6H2,1-2H3. The van der Waals surface area contributed by atoms with Gasteiger partial charge in [-0.2, -0.15) is 20.1 Å². The van der Waals surface area contributed by atoms with E-state index in [9.17, 15) is 0 Å². The molecule has 2 heterocycles. The molecule has 2 rings (SSSR count). The van der Waals surface area contributed by atoms with Crippen LogP contribution in [0.5, 0.6) is 6.01 Å². The summed E-state index contributed by atoms with van der Waals surface area (Å²) in [5.41, 5.74) is 0.800. The molecule has 6 nitrogen and oxygen atoms in total. The predicted octanol–water partition coefficient (Wildman–Crippen LogP) is 1.81. The van der Waals surface area contributed by atoms with Gasteiger partial charge in [-0.1, -0.05) is 6.92 Å². The molecule has 0 aliphatic heterocycles. The van der Waals surface area contributed by atoms with E-state index >= 15 is 0 Å². The Kier molecular flexibility index (Phi) is 3.53. The average molecular weight is 254 g/mol. The van der Waals surface area contributed by atoms with Crippen molar-refractivity contribution in [3.63, 3.8) is 0 Å². The van der Waals surface area contributed by atoms with Crippen molar-refractivity contribution in [2.75, 3.05) is 7.11 Å². The molecule has 0 aliphatic carbocycles. The first-order chi connectivity index (χ1) is 8.24. The second kappa shape index (κ2) is 5.09. The highest BCUT2D eigenvalue weighted by Crippen LogP contribution is 2.18. The summed E-state index contributed by atoms with van der Waals surface area (Å²) in [7, 11) is 1.48. The number of ether oxygens (including phenoxy) is 1. The number of hydrogen-bond donors (Lipinski definition) is 0. The fraction of sp³-hybridized carbons (Fsp3) is 0.400. The Labute approximate surface area is 104 Å². The van der Waals surface area contributed by atoms with E-state index in [4.69, 9.17) is 16.3 Å². The monoisotopic (exact) mass is 253 g/mol. The smallest absolute Gasteiger partial charge is 0.321 e. The van der Waals surface area contributed by atoms with Crippen LogP contribution in [0, 0.1) is 0 Å². The minimum atomic E-state index is 0.107. The number of aromatic nitrogens is 5. The van der Waals surface area contributed by atoms with Crippen LogP contribution in [0.25, 0.3) is 11.5 Å². The van der Waals surface area contributed by atoms with Crippen molar-refractivity contribution >= 4 is 11.6 Å². The van der Waals surface area contributed by atoms with Gasteiger partial charge in [0.1, 0.15) is 5.69 Å². The average Bonchev–Trinajstić information content (AvgIpc) is 2.77. The number of methoxy groups -OCH3 is 1. The van der Waals surface area contributed by atoms with Gasteiger partial charge in [0.15, 0.2) is 5.82 Å². The number of rotatable bonds is 4. The van der Waals surface area contributed by atoms with Gasteiger partial charge in [0.2, 0.25) is 5.28 Å². The Morgan fingerprint density at radius 3 is 2.88 bits per heavy atom. The minimum Gasteiger partial charge on any atom is -0.467 e. The Balaban J connectivity index is 2.44. The largest absolute Gasteiger partial charge is 0.467 e. The molecule has 0 spiro atoms. The van der Waals surface area contributed by atoms with Crippen LogP contribution in [0.15, 0.2) is 12.3 Å². The molecule has 0 unspecified atom stereocenters. The molecule has 0 aromatic carbocycles. The Hall–Kier alpha value is -1.69. The van der Waals surface area contributed by atoms with E-state index in [1.165, 1.54) is 7.11 Å². The minimum absolute atomic E-state index is 0.107. The quantitative estimate of drug-likeness (QED) is 0.831. The number of halogens is 1. The zero-order valence-electron chi connectivity index (χ0n) is 9.59. The summed E-state index contributed by atoms with van der Waals surface area (Å²) in [6.07, 6.45) is 2.68. The van der Waals surface area contributed by atoms with E-state index in [2.05, 4.69) is 27.0 Å². The number of nitrogens with zero attached hydrogens (tertiary/aromatic N) is 5. The molecule has 0 bridgehead atoms. The van der Waals surface area contributed by atoms with Gasteiger partial charge in [-0.15, -0.1) is 0 Å². The lowest BCUT2D eigenvalue weighted by Gasteiger charge is -2.05. The summed E-state index contributed by atoms with van der Waals surface area (Å²) in [6, 6.07) is 2.03. The third kappa shape index (κ3) is 2.52. The summed E-state index contributed by atoms with van der Waals surface area (Å²) >= 11 is 5.80. The third-order valence-corrected chi connectivity index (χ3v) is 2.32. The molecule has 90 valence electrons. The zero-order chi connectivity index (χ0) is 12.3. The van der Waals surface area contributed by atoms with Crippen LogP contribution >= 0.6 is 11.6 Å². The maximum Gasteiger partial charge on any atom is 0.321 e. The van der Waals surface area contributed by atoms with E-state index in [1.54, 1.807) is 6.20 Å². The van der Waals surface area contributed by atoms with Crippen LogP contribution < -0.4 is 4.74 Å². The second-order valence-corrected chi connectivity index (χ2v) is 3.69. The van der Waals surface area contributed by atoms with E-state index in [1.807, 2.05) is 10.7 Å². The lowest BCUT2D eigenvalue weighted by molar-refractivity contribution is 0.378. The highest BCUT2D eigenvalue weighted by atomic mass is 35.5. The lowest BCUT2D eigenvalue weighted by atomic mass is 10.4. The topological polar surface area (TPSA) is 65.7 Å². The molecule has 0 N–H and O–H groups in total. The van der Waals surface area contributed by atoms with E-state index in [0.717, 1.165) is 18.7 Å². The third-order valence-electron chi connectivity index (χ3n) is 2.15. The number of aryl methyl sites for hydroxylation is 1. The summed E-state index contributed by atoms with van der Waals surface area (Å²) in [5.74, 6) is 0.466. The Bertz CT molecular complexity index is 513. The Morgan fingerprint density at radius 1 is 1.35 bits per heavy atom. The molecular formula is C10H12ClN5O. The summed E-state index contributed by atoms with van der Waals surface area (Å²) in [5, 5.41) is 4.31. The van der Waals surface area contributed by atoms with Crippen molar-refractivity contribution in [2.24, 2.45) is 0 Å². The molecule has 2 aromatic heterocycles. The molecule has 0 saturated heterocycles. The van der Waals surface area contributed by atoms with E-state index in [-0.39, 0.29) is 11.3 Å². The molecule has 0 aliphatic rings. The van der Waals surface area contributed by atoms with Crippen molar-refractivity contribution < 1.29 is 4.74 Å². The molecule has 7 heteroatoms. The van der Waals surface area contributed by atoms with Gasteiger partial charge < -0.3 is 4.74 Å². The van der Waals surface area contributed by atoms with Crippen molar-refractivity contribution in [1.82, 2.24) is 24.7 Å². The molecule has 2 aromatic rings. The fourth-order valence-corrected chi connectivity index (χ4v) is 1.60. The van der Waals surface area contributed by atoms with Gasteiger partial charge in [0.25, 0.3) is 0 Å². The van der Waals surface area contributed by atoms with Gasteiger partial charge in [-0.3, -0.25) is 4.68 Å². The fourth-order valence-electron chi connectivity index (χ4n) is 1.45.